The Morgan fingerprint density at radius 3 is 2.79 bits per heavy atom. The number of piperidine rings is 1. The Hall–Kier alpha value is -0.870. The molecule has 0 aliphatic carbocycles. The van der Waals surface area contributed by atoms with Crippen LogP contribution >= 0.6 is 0 Å². The summed E-state index contributed by atoms with van der Waals surface area (Å²) in [4.78, 5) is 5.29. The fourth-order valence-corrected chi connectivity index (χ4v) is 3.80. The van der Waals surface area contributed by atoms with Gasteiger partial charge in [-0.05, 0) is 40.2 Å². The van der Waals surface area contributed by atoms with E-state index in [0.29, 0.717) is 6.04 Å². The van der Waals surface area contributed by atoms with Crippen molar-refractivity contribution in [1.29, 1.82) is 0 Å². The minimum atomic E-state index is 0.426. The van der Waals surface area contributed by atoms with Gasteiger partial charge in [0, 0.05) is 37.3 Å². The number of piperazine rings is 1. The summed E-state index contributed by atoms with van der Waals surface area (Å²) in [5, 5.41) is 4.10. The van der Waals surface area contributed by atoms with Crippen LogP contribution in [0.1, 0.15) is 49.2 Å². The molecule has 0 aromatic carbocycles. The van der Waals surface area contributed by atoms with Crippen LogP contribution in [0.15, 0.2) is 4.52 Å². The first-order valence-corrected chi connectivity index (χ1v) is 7.57. The molecule has 0 amide bonds. The standard InChI is InChI=1S/C15H25N3O/c1-11-15(13(3)19-16-11)12(2)18-9-8-17-7-5-4-6-14(17)10-18/h12,14H,4-10H2,1-3H3. The molecule has 2 fully saturated rings. The van der Waals surface area contributed by atoms with Gasteiger partial charge in [0.15, 0.2) is 0 Å². The van der Waals surface area contributed by atoms with Crippen molar-refractivity contribution in [1.82, 2.24) is 15.0 Å². The second-order valence-corrected chi connectivity index (χ2v) is 6.09. The maximum atomic E-state index is 5.33. The van der Waals surface area contributed by atoms with Gasteiger partial charge in [-0.15, -0.1) is 0 Å². The molecule has 0 spiro atoms. The molecule has 2 aliphatic heterocycles. The van der Waals surface area contributed by atoms with Crippen LogP contribution in [-0.2, 0) is 0 Å². The summed E-state index contributed by atoms with van der Waals surface area (Å²) in [6, 6.07) is 1.20. The topological polar surface area (TPSA) is 32.5 Å². The van der Waals surface area contributed by atoms with Crippen LogP contribution in [0.2, 0.25) is 0 Å². The summed E-state index contributed by atoms with van der Waals surface area (Å²) in [6.07, 6.45) is 4.15. The van der Waals surface area contributed by atoms with Crippen LogP contribution in [0.25, 0.3) is 0 Å². The SMILES string of the molecule is Cc1noc(C)c1C(C)N1CCN2CCCCC2C1. The molecule has 1 aromatic heterocycles. The van der Waals surface area contributed by atoms with Crippen LogP contribution in [0, 0.1) is 13.8 Å². The predicted molar refractivity (Wildman–Crippen MR) is 75.2 cm³/mol. The van der Waals surface area contributed by atoms with Crippen molar-refractivity contribution < 1.29 is 4.52 Å². The lowest BCUT2D eigenvalue weighted by atomic mass is 9.97. The van der Waals surface area contributed by atoms with Crippen LogP contribution in [0.5, 0.6) is 0 Å². The van der Waals surface area contributed by atoms with E-state index >= 15 is 0 Å². The molecule has 19 heavy (non-hydrogen) atoms. The van der Waals surface area contributed by atoms with Crippen LogP contribution in [0.4, 0.5) is 0 Å². The smallest absolute Gasteiger partial charge is 0.138 e. The molecule has 2 aliphatic rings. The molecule has 2 unspecified atom stereocenters. The average molecular weight is 263 g/mol. The lowest BCUT2D eigenvalue weighted by Gasteiger charge is -2.46. The van der Waals surface area contributed by atoms with E-state index in [2.05, 4.69) is 28.8 Å². The average Bonchev–Trinajstić information content (AvgIpc) is 2.77. The largest absolute Gasteiger partial charge is 0.361 e. The molecule has 4 heteroatoms. The van der Waals surface area contributed by atoms with Crippen molar-refractivity contribution in [3.8, 4) is 0 Å². The predicted octanol–water partition coefficient (Wildman–Crippen LogP) is 2.52. The number of aromatic nitrogens is 1. The Balaban J connectivity index is 1.72. The van der Waals surface area contributed by atoms with Crippen LogP contribution in [-0.4, -0.2) is 47.2 Å². The minimum absolute atomic E-state index is 0.426. The number of fused-ring (bicyclic) bond motifs is 1. The summed E-state index contributed by atoms with van der Waals surface area (Å²) in [6.45, 7) is 11.3. The van der Waals surface area contributed by atoms with E-state index in [0.717, 1.165) is 17.5 Å². The van der Waals surface area contributed by atoms with Crippen LogP contribution < -0.4 is 0 Å². The second kappa shape index (κ2) is 5.25. The number of rotatable bonds is 2. The first-order valence-electron chi connectivity index (χ1n) is 7.57. The molecule has 3 rings (SSSR count). The highest BCUT2D eigenvalue weighted by atomic mass is 16.5. The van der Waals surface area contributed by atoms with E-state index < -0.39 is 0 Å². The molecule has 2 atom stereocenters. The number of nitrogens with zero attached hydrogens (tertiary/aromatic N) is 3. The highest BCUT2D eigenvalue weighted by molar-refractivity contribution is 5.24. The summed E-state index contributed by atoms with van der Waals surface area (Å²) in [5.41, 5.74) is 2.35. The molecule has 2 saturated heterocycles. The van der Waals surface area contributed by atoms with E-state index in [4.69, 9.17) is 4.52 Å². The third-order valence-electron chi connectivity index (χ3n) is 4.92. The van der Waals surface area contributed by atoms with E-state index in [1.54, 1.807) is 0 Å². The monoisotopic (exact) mass is 263 g/mol. The Kier molecular flexibility index (Phi) is 3.63. The van der Waals surface area contributed by atoms with Crippen molar-refractivity contribution in [2.45, 2.75) is 52.1 Å². The molecular weight excluding hydrogens is 238 g/mol. The van der Waals surface area contributed by atoms with Gasteiger partial charge in [0.1, 0.15) is 5.76 Å². The molecule has 1 aromatic rings. The quantitative estimate of drug-likeness (QED) is 0.821. The number of hydrogen-bond acceptors (Lipinski definition) is 4. The fraction of sp³-hybridized carbons (Fsp3) is 0.800. The Bertz CT molecular complexity index is 423. The molecule has 0 N–H and O–H groups in total. The van der Waals surface area contributed by atoms with Gasteiger partial charge in [-0.2, -0.15) is 0 Å². The summed E-state index contributed by atoms with van der Waals surface area (Å²) >= 11 is 0. The molecular formula is C15H25N3O. The van der Waals surface area contributed by atoms with Gasteiger partial charge in [0.2, 0.25) is 0 Å². The molecule has 0 saturated carbocycles. The van der Waals surface area contributed by atoms with Crippen molar-refractivity contribution >= 4 is 0 Å². The van der Waals surface area contributed by atoms with Gasteiger partial charge < -0.3 is 4.52 Å². The van der Waals surface area contributed by atoms with Crippen molar-refractivity contribution in [2.24, 2.45) is 0 Å². The van der Waals surface area contributed by atoms with Crippen molar-refractivity contribution in [3.05, 3.63) is 17.0 Å². The summed E-state index contributed by atoms with van der Waals surface area (Å²) in [5.74, 6) is 0.982. The zero-order valence-electron chi connectivity index (χ0n) is 12.4. The normalized spacial score (nSPS) is 27.2. The fourth-order valence-electron chi connectivity index (χ4n) is 3.80. The first-order chi connectivity index (χ1) is 9.16. The van der Waals surface area contributed by atoms with Gasteiger partial charge in [0.05, 0.1) is 5.69 Å². The first kappa shape index (κ1) is 13.1. The van der Waals surface area contributed by atoms with E-state index in [9.17, 15) is 0 Å². The molecule has 0 radical (unpaired) electrons. The summed E-state index contributed by atoms with van der Waals surface area (Å²) in [7, 11) is 0. The molecule has 0 bridgehead atoms. The van der Waals surface area contributed by atoms with Crippen LogP contribution in [0.3, 0.4) is 0 Å². The summed E-state index contributed by atoms with van der Waals surface area (Å²) < 4.78 is 5.33. The zero-order chi connectivity index (χ0) is 13.4. The van der Waals surface area contributed by atoms with Crippen molar-refractivity contribution in [2.75, 3.05) is 26.2 Å². The maximum absolute atomic E-state index is 5.33. The van der Waals surface area contributed by atoms with Gasteiger partial charge >= 0.3 is 0 Å². The van der Waals surface area contributed by atoms with E-state index in [-0.39, 0.29) is 0 Å². The van der Waals surface area contributed by atoms with Crippen molar-refractivity contribution in [3.63, 3.8) is 0 Å². The third-order valence-corrected chi connectivity index (χ3v) is 4.92. The number of hydrogen-bond donors (Lipinski definition) is 0. The molecule has 106 valence electrons. The van der Waals surface area contributed by atoms with Gasteiger partial charge in [-0.1, -0.05) is 11.6 Å². The Labute approximate surface area is 115 Å². The van der Waals surface area contributed by atoms with E-state index in [1.807, 2.05) is 6.92 Å². The molecule has 3 heterocycles. The second-order valence-electron chi connectivity index (χ2n) is 6.09. The van der Waals surface area contributed by atoms with E-state index in [1.165, 1.54) is 51.0 Å². The number of aryl methyl sites for hydroxylation is 2. The van der Waals surface area contributed by atoms with Gasteiger partial charge in [-0.25, -0.2) is 0 Å². The van der Waals surface area contributed by atoms with Gasteiger partial charge in [0.25, 0.3) is 0 Å². The minimum Gasteiger partial charge on any atom is -0.361 e. The maximum Gasteiger partial charge on any atom is 0.138 e. The Morgan fingerprint density at radius 2 is 2.05 bits per heavy atom. The highest BCUT2D eigenvalue weighted by Gasteiger charge is 2.32. The lowest BCUT2D eigenvalue weighted by molar-refractivity contribution is 0.0303. The third kappa shape index (κ3) is 2.43. The molecule has 4 nitrogen and oxygen atoms in total. The Morgan fingerprint density at radius 1 is 1.21 bits per heavy atom. The lowest BCUT2D eigenvalue weighted by Crippen LogP contribution is -2.55. The van der Waals surface area contributed by atoms with Gasteiger partial charge in [-0.3, -0.25) is 9.80 Å². The highest BCUT2D eigenvalue weighted by Crippen LogP contribution is 2.30. The zero-order valence-corrected chi connectivity index (χ0v) is 12.4.